The summed E-state index contributed by atoms with van der Waals surface area (Å²) in [5, 5.41) is 10.5. The fourth-order valence-electron chi connectivity index (χ4n) is 3.53. The number of aromatic nitrogens is 1. The second-order valence-corrected chi connectivity index (χ2v) is 9.68. The minimum atomic E-state index is -0.177. The average Bonchev–Trinajstić information content (AvgIpc) is 3.41. The van der Waals surface area contributed by atoms with Gasteiger partial charge in [-0.15, -0.1) is 22.7 Å². The van der Waals surface area contributed by atoms with Crippen molar-refractivity contribution >= 4 is 62.6 Å². The van der Waals surface area contributed by atoms with Crippen LogP contribution < -0.4 is 15.5 Å². The molecule has 3 aromatic rings. The summed E-state index contributed by atoms with van der Waals surface area (Å²) in [7, 11) is 0. The Balaban J connectivity index is 1.29. The molecule has 1 aromatic carbocycles. The van der Waals surface area contributed by atoms with Crippen molar-refractivity contribution in [3.63, 3.8) is 0 Å². The molecule has 0 bridgehead atoms. The molecule has 1 aliphatic rings. The number of nitrogens with zero attached hydrogens (tertiary/aromatic N) is 2. The Bertz CT molecular complexity index is 1050. The van der Waals surface area contributed by atoms with Crippen LogP contribution in [-0.2, 0) is 22.4 Å². The Morgan fingerprint density at radius 1 is 1.03 bits per heavy atom. The summed E-state index contributed by atoms with van der Waals surface area (Å²) < 4.78 is 0. The SMILES string of the molecule is O=C(Cc1csc(NC(=O)Cc2cccs2)n1)Nc1ccc(N2CCCCC2)c(Cl)c1. The summed E-state index contributed by atoms with van der Waals surface area (Å²) in [6, 6.07) is 9.48. The lowest BCUT2D eigenvalue weighted by molar-refractivity contribution is -0.116. The van der Waals surface area contributed by atoms with E-state index in [2.05, 4.69) is 20.5 Å². The first-order chi connectivity index (χ1) is 15.1. The number of piperidine rings is 1. The van der Waals surface area contributed by atoms with Gasteiger partial charge in [0, 0.05) is 29.0 Å². The van der Waals surface area contributed by atoms with Gasteiger partial charge in [0.25, 0.3) is 0 Å². The van der Waals surface area contributed by atoms with E-state index in [1.165, 1.54) is 30.6 Å². The number of hydrogen-bond acceptors (Lipinski definition) is 6. The van der Waals surface area contributed by atoms with Crippen molar-refractivity contribution in [2.45, 2.75) is 32.1 Å². The van der Waals surface area contributed by atoms with Crippen LogP contribution in [0.15, 0.2) is 41.1 Å². The van der Waals surface area contributed by atoms with Gasteiger partial charge in [0.1, 0.15) is 0 Å². The highest BCUT2D eigenvalue weighted by Crippen LogP contribution is 2.31. The van der Waals surface area contributed by atoms with E-state index in [0.29, 0.717) is 28.0 Å². The number of thiophene rings is 1. The number of carbonyl (C=O) groups excluding carboxylic acids is 2. The van der Waals surface area contributed by atoms with Crippen LogP contribution in [0.5, 0.6) is 0 Å². The molecule has 3 heterocycles. The second-order valence-electron chi connectivity index (χ2n) is 7.39. The number of amides is 2. The Labute approximate surface area is 194 Å². The highest BCUT2D eigenvalue weighted by Gasteiger charge is 2.15. The van der Waals surface area contributed by atoms with Crippen molar-refractivity contribution in [1.82, 2.24) is 4.98 Å². The van der Waals surface area contributed by atoms with Gasteiger partial charge in [-0.1, -0.05) is 17.7 Å². The van der Waals surface area contributed by atoms with Gasteiger partial charge in [-0.2, -0.15) is 0 Å². The third-order valence-electron chi connectivity index (χ3n) is 4.98. The second kappa shape index (κ2) is 10.3. The molecule has 0 spiro atoms. The third kappa shape index (κ3) is 6.06. The van der Waals surface area contributed by atoms with E-state index in [4.69, 9.17) is 11.6 Å². The lowest BCUT2D eigenvalue weighted by atomic mass is 10.1. The minimum absolute atomic E-state index is 0.115. The smallest absolute Gasteiger partial charge is 0.231 e. The van der Waals surface area contributed by atoms with Crippen LogP contribution in [0, 0.1) is 0 Å². The van der Waals surface area contributed by atoms with Crippen molar-refractivity contribution in [2.75, 3.05) is 28.6 Å². The first-order valence-electron chi connectivity index (χ1n) is 10.2. The van der Waals surface area contributed by atoms with E-state index in [0.717, 1.165) is 23.7 Å². The molecule has 0 radical (unpaired) electrons. The first kappa shape index (κ1) is 21.8. The molecule has 6 nitrogen and oxygen atoms in total. The zero-order valence-corrected chi connectivity index (χ0v) is 19.3. The maximum absolute atomic E-state index is 12.4. The van der Waals surface area contributed by atoms with Gasteiger partial charge < -0.3 is 15.5 Å². The maximum Gasteiger partial charge on any atom is 0.231 e. The van der Waals surface area contributed by atoms with E-state index in [9.17, 15) is 9.59 Å². The highest BCUT2D eigenvalue weighted by atomic mass is 35.5. The number of carbonyl (C=O) groups is 2. The summed E-state index contributed by atoms with van der Waals surface area (Å²) in [6.45, 7) is 2.03. The Morgan fingerprint density at radius 2 is 1.84 bits per heavy atom. The van der Waals surface area contributed by atoms with Crippen LogP contribution in [-0.4, -0.2) is 29.9 Å². The molecule has 31 heavy (non-hydrogen) atoms. The van der Waals surface area contributed by atoms with Crippen molar-refractivity contribution < 1.29 is 9.59 Å². The molecule has 4 rings (SSSR count). The topological polar surface area (TPSA) is 74.3 Å². The number of benzene rings is 1. The fourth-order valence-corrected chi connectivity index (χ4v) is 5.26. The summed E-state index contributed by atoms with van der Waals surface area (Å²) in [5.41, 5.74) is 2.29. The number of nitrogens with one attached hydrogen (secondary N) is 2. The van der Waals surface area contributed by atoms with Crippen LogP contribution in [0.25, 0.3) is 0 Å². The van der Waals surface area contributed by atoms with E-state index < -0.39 is 0 Å². The lowest BCUT2D eigenvalue weighted by Crippen LogP contribution is -2.29. The molecular formula is C22H23ClN4O2S2. The van der Waals surface area contributed by atoms with Gasteiger partial charge in [0.05, 0.1) is 29.2 Å². The normalized spacial score (nSPS) is 13.8. The van der Waals surface area contributed by atoms with Crippen LogP contribution in [0.1, 0.15) is 29.8 Å². The number of rotatable bonds is 7. The van der Waals surface area contributed by atoms with E-state index in [-0.39, 0.29) is 18.2 Å². The highest BCUT2D eigenvalue weighted by molar-refractivity contribution is 7.14. The van der Waals surface area contributed by atoms with Crippen LogP contribution in [0.3, 0.4) is 0 Å². The molecule has 0 unspecified atom stereocenters. The molecule has 2 aromatic heterocycles. The van der Waals surface area contributed by atoms with Crippen molar-refractivity contribution in [3.8, 4) is 0 Å². The molecule has 9 heteroatoms. The third-order valence-corrected chi connectivity index (χ3v) is 6.97. The number of hydrogen-bond donors (Lipinski definition) is 2. The van der Waals surface area contributed by atoms with Crippen molar-refractivity contribution in [1.29, 1.82) is 0 Å². The summed E-state index contributed by atoms with van der Waals surface area (Å²) in [4.78, 5) is 32.2. The van der Waals surface area contributed by atoms with Crippen LogP contribution in [0.2, 0.25) is 5.02 Å². The van der Waals surface area contributed by atoms with Crippen LogP contribution in [0.4, 0.5) is 16.5 Å². The van der Waals surface area contributed by atoms with E-state index >= 15 is 0 Å². The molecule has 1 aliphatic heterocycles. The summed E-state index contributed by atoms with van der Waals surface area (Å²) in [6.07, 6.45) is 4.07. The Hall–Kier alpha value is -2.42. The largest absolute Gasteiger partial charge is 0.370 e. The molecule has 2 N–H and O–H groups in total. The van der Waals surface area contributed by atoms with Gasteiger partial charge >= 0.3 is 0 Å². The molecular weight excluding hydrogens is 452 g/mol. The molecule has 0 atom stereocenters. The van der Waals surface area contributed by atoms with E-state index in [1.54, 1.807) is 22.8 Å². The number of anilines is 3. The van der Waals surface area contributed by atoms with Crippen LogP contribution >= 0.6 is 34.3 Å². The molecule has 0 aliphatic carbocycles. The van der Waals surface area contributed by atoms with E-state index in [1.807, 2.05) is 29.6 Å². The van der Waals surface area contributed by atoms with Gasteiger partial charge in [0.2, 0.25) is 11.8 Å². The number of halogens is 1. The summed E-state index contributed by atoms with van der Waals surface area (Å²) >= 11 is 9.32. The average molecular weight is 475 g/mol. The molecule has 1 fully saturated rings. The predicted octanol–water partition coefficient (Wildman–Crippen LogP) is 5.21. The monoisotopic (exact) mass is 474 g/mol. The molecule has 1 saturated heterocycles. The van der Waals surface area contributed by atoms with Crippen molar-refractivity contribution in [2.24, 2.45) is 0 Å². The molecule has 162 valence electrons. The van der Waals surface area contributed by atoms with Gasteiger partial charge in [-0.3, -0.25) is 9.59 Å². The number of thiazole rings is 1. The lowest BCUT2D eigenvalue weighted by Gasteiger charge is -2.29. The Kier molecular flexibility index (Phi) is 7.21. The first-order valence-corrected chi connectivity index (χ1v) is 12.3. The van der Waals surface area contributed by atoms with Crippen molar-refractivity contribution in [3.05, 3.63) is 56.7 Å². The predicted molar refractivity (Wildman–Crippen MR) is 129 cm³/mol. The molecule has 0 saturated carbocycles. The van der Waals surface area contributed by atoms with Gasteiger partial charge in [0.15, 0.2) is 5.13 Å². The fraction of sp³-hybridized carbons (Fsp3) is 0.318. The quantitative estimate of drug-likeness (QED) is 0.493. The zero-order valence-electron chi connectivity index (χ0n) is 16.9. The van der Waals surface area contributed by atoms with Gasteiger partial charge in [-0.05, 0) is 48.9 Å². The molecule has 2 amide bonds. The zero-order chi connectivity index (χ0) is 21.6. The van der Waals surface area contributed by atoms with Gasteiger partial charge in [-0.25, -0.2) is 4.98 Å². The standard InChI is InChI=1S/C22H23ClN4O2S2/c23-18-11-15(6-7-19(18)27-8-2-1-3-9-27)24-20(28)12-16-14-31-22(25-16)26-21(29)13-17-5-4-10-30-17/h4-7,10-11,14H,1-3,8-9,12-13H2,(H,24,28)(H,25,26,29). The Morgan fingerprint density at radius 3 is 2.58 bits per heavy atom. The summed E-state index contributed by atoms with van der Waals surface area (Å²) in [5.74, 6) is -0.292. The maximum atomic E-state index is 12.4. The minimum Gasteiger partial charge on any atom is -0.370 e.